The summed E-state index contributed by atoms with van der Waals surface area (Å²) in [5, 5.41) is 7.51. The maximum absolute atomic E-state index is 11.8. The zero-order valence-corrected chi connectivity index (χ0v) is 11.4. The lowest BCUT2D eigenvalue weighted by Gasteiger charge is -2.11. The number of aromatic nitrogens is 2. The van der Waals surface area contributed by atoms with Crippen LogP contribution in [0, 0.1) is 0 Å². The highest BCUT2D eigenvalue weighted by molar-refractivity contribution is 5.75. The number of nitrogens with one attached hydrogen (secondary N) is 1. The minimum absolute atomic E-state index is 0.0574. The quantitative estimate of drug-likeness (QED) is 0.830. The number of carbonyl (C=O) groups is 1. The van der Waals surface area contributed by atoms with Crippen LogP contribution in [0.1, 0.15) is 50.8 Å². The summed E-state index contributed by atoms with van der Waals surface area (Å²) in [7, 11) is 0. The van der Waals surface area contributed by atoms with Crippen molar-refractivity contribution in [2.24, 2.45) is 0 Å². The first-order valence-electron chi connectivity index (χ1n) is 7.03. The molecule has 100 valence electrons. The van der Waals surface area contributed by atoms with E-state index < -0.39 is 0 Å². The molecule has 0 aromatic carbocycles. The van der Waals surface area contributed by atoms with Crippen LogP contribution >= 0.6 is 0 Å². The first kappa shape index (κ1) is 13.1. The molecule has 2 rings (SSSR count). The van der Waals surface area contributed by atoms with E-state index in [4.69, 9.17) is 0 Å². The Kier molecular flexibility index (Phi) is 4.39. The fourth-order valence-corrected chi connectivity index (χ4v) is 2.36. The van der Waals surface area contributed by atoms with Crippen LogP contribution in [0.25, 0.3) is 0 Å². The van der Waals surface area contributed by atoms with Crippen molar-refractivity contribution in [3.05, 3.63) is 17.5 Å². The first-order chi connectivity index (χ1) is 8.69. The highest BCUT2D eigenvalue weighted by atomic mass is 16.2. The summed E-state index contributed by atoms with van der Waals surface area (Å²) in [5.41, 5.74) is 2.53. The second kappa shape index (κ2) is 6.03. The van der Waals surface area contributed by atoms with E-state index in [1.165, 1.54) is 30.5 Å². The van der Waals surface area contributed by atoms with Gasteiger partial charge in [-0.1, -0.05) is 13.3 Å². The standard InChI is InChI=1S/C14H23N3O/c1-3-11(2)15-14(18)10-17-9-12-7-5-4-6-8-13(12)16-17/h9,11H,3-8,10H2,1-2H3,(H,15,18). The molecular weight excluding hydrogens is 226 g/mol. The molecule has 4 heteroatoms. The lowest BCUT2D eigenvalue weighted by molar-refractivity contribution is -0.122. The van der Waals surface area contributed by atoms with Crippen LogP contribution in [0.3, 0.4) is 0 Å². The van der Waals surface area contributed by atoms with Gasteiger partial charge in [0.15, 0.2) is 0 Å². The van der Waals surface area contributed by atoms with Crippen molar-refractivity contribution >= 4 is 5.91 Å². The monoisotopic (exact) mass is 249 g/mol. The molecule has 18 heavy (non-hydrogen) atoms. The SMILES string of the molecule is CCC(C)NC(=O)Cn1cc2c(n1)CCCCC2. The minimum Gasteiger partial charge on any atom is -0.352 e. The predicted molar refractivity (Wildman–Crippen MR) is 71.4 cm³/mol. The molecule has 1 aliphatic rings. The van der Waals surface area contributed by atoms with Gasteiger partial charge in [0, 0.05) is 12.2 Å². The zero-order chi connectivity index (χ0) is 13.0. The van der Waals surface area contributed by atoms with Gasteiger partial charge in [-0.05, 0) is 44.6 Å². The van der Waals surface area contributed by atoms with E-state index in [1.54, 1.807) is 4.68 Å². The summed E-state index contributed by atoms with van der Waals surface area (Å²) in [6.45, 7) is 4.44. The molecule has 1 atom stereocenters. The van der Waals surface area contributed by atoms with Crippen molar-refractivity contribution in [1.82, 2.24) is 15.1 Å². The van der Waals surface area contributed by atoms with Crippen LogP contribution in [0.2, 0.25) is 0 Å². The Morgan fingerprint density at radius 3 is 3.00 bits per heavy atom. The lowest BCUT2D eigenvalue weighted by atomic mass is 10.1. The molecule has 0 fully saturated rings. The highest BCUT2D eigenvalue weighted by Gasteiger charge is 2.14. The number of nitrogens with zero attached hydrogens (tertiary/aromatic N) is 2. The van der Waals surface area contributed by atoms with Crippen LogP contribution < -0.4 is 5.32 Å². The van der Waals surface area contributed by atoms with Crippen LogP contribution in [-0.4, -0.2) is 21.7 Å². The second-order valence-corrected chi connectivity index (χ2v) is 5.24. The Balaban J connectivity index is 1.96. The second-order valence-electron chi connectivity index (χ2n) is 5.24. The van der Waals surface area contributed by atoms with E-state index in [9.17, 15) is 4.79 Å². The minimum atomic E-state index is 0.0574. The Labute approximate surface area is 109 Å². The first-order valence-corrected chi connectivity index (χ1v) is 7.03. The van der Waals surface area contributed by atoms with Crippen molar-refractivity contribution in [1.29, 1.82) is 0 Å². The molecule has 1 aromatic heterocycles. The zero-order valence-electron chi connectivity index (χ0n) is 11.4. The smallest absolute Gasteiger partial charge is 0.241 e. The average Bonchev–Trinajstić information content (AvgIpc) is 2.58. The number of aryl methyl sites for hydroxylation is 2. The van der Waals surface area contributed by atoms with Crippen LogP contribution in [-0.2, 0) is 24.2 Å². The molecule has 4 nitrogen and oxygen atoms in total. The van der Waals surface area contributed by atoms with Gasteiger partial charge in [-0.15, -0.1) is 0 Å². The lowest BCUT2D eigenvalue weighted by Crippen LogP contribution is -2.34. The van der Waals surface area contributed by atoms with Gasteiger partial charge in [-0.25, -0.2) is 0 Å². The van der Waals surface area contributed by atoms with Crippen molar-refractivity contribution < 1.29 is 4.79 Å². The van der Waals surface area contributed by atoms with Crippen molar-refractivity contribution in [2.75, 3.05) is 0 Å². The topological polar surface area (TPSA) is 46.9 Å². The molecule has 0 saturated carbocycles. The molecule has 1 unspecified atom stereocenters. The van der Waals surface area contributed by atoms with Gasteiger partial charge in [0.2, 0.25) is 5.91 Å². The molecule has 0 radical (unpaired) electrons. The van der Waals surface area contributed by atoms with Crippen LogP contribution in [0.4, 0.5) is 0 Å². The molecule has 0 aliphatic heterocycles. The Hall–Kier alpha value is -1.32. The van der Waals surface area contributed by atoms with E-state index in [2.05, 4.69) is 23.5 Å². The van der Waals surface area contributed by atoms with Crippen LogP contribution in [0.5, 0.6) is 0 Å². The van der Waals surface area contributed by atoms with E-state index in [-0.39, 0.29) is 11.9 Å². The highest BCUT2D eigenvalue weighted by Crippen LogP contribution is 2.18. The number of carbonyl (C=O) groups excluding carboxylic acids is 1. The summed E-state index contributed by atoms with van der Waals surface area (Å²) in [6.07, 6.45) is 8.96. The average molecular weight is 249 g/mol. The number of amides is 1. The van der Waals surface area contributed by atoms with E-state index >= 15 is 0 Å². The number of hydrogen-bond donors (Lipinski definition) is 1. The fourth-order valence-electron chi connectivity index (χ4n) is 2.36. The fraction of sp³-hybridized carbons (Fsp3) is 0.714. The molecule has 0 spiro atoms. The van der Waals surface area contributed by atoms with Gasteiger partial charge in [-0.2, -0.15) is 5.10 Å². The van der Waals surface area contributed by atoms with Gasteiger partial charge in [0.1, 0.15) is 6.54 Å². The summed E-state index contributed by atoms with van der Waals surface area (Å²) in [6, 6.07) is 0.242. The van der Waals surface area contributed by atoms with Gasteiger partial charge in [0.25, 0.3) is 0 Å². The molecule has 1 aromatic rings. The van der Waals surface area contributed by atoms with Gasteiger partial charge >= 0.3 is 0 Å². The summed E-state index contributed by atoms with van der Waals surface area (Å²) >= 11 is 0. The largest absolute Gasteiger partial charge is 0.352 e. The van der Waals surface area contributed by atoms with Gasteiger partial charge in [-0.3, -0.25) is 9.48 Å². The molecular formula is C14H23N3O. The van der Waals surface area contributed by atoms with Crippen molar-refractivity contribution in [3.8, 4) is 0 Å². The normalized spacial score (nSPS) is 16.8. The predicted octanol–water partition coefficient (Wildman–Crippen LogP) is 2.07. The van der Waals surface area contributed by atoms with E-state index in [0.717, 1.165) is 19.3 Å². The number of fused-ring (bicyclic) bond motifs is 1. The maximum Gasteiger partial charge on any atom is 0.241 e. The van der Waals surface area contributed by atoms with E-state index in [0.29, 0.717) is 6.54 Å². The Morgan fingerprint density at radius 2 is 2.22 bits per heavy atom. The summed E-state index contributed by atoms with van der Waals surface area (Å²) < 4.78 is 1.80. The third kappa shape index (κ3) is 3.34. The third-order valence-corrected chi connectivity index (χ3v) is 3.61. The molecule has 0 bridgehead atoms. The molecule has 1 aliphatic carbocycles. The Bertz CT molecular complexity index is 388. The summed E-state index contributed by atoms with van der Waals surface area (Å²) in [4.78, 5) is 11.8. The molecule has 1 heterocycles. The molecule has 1 N–H and O–H groups in total. The van der Waals surface area contributed by atoms with Gasteiger partial charge < -0.3 is 5.32 Å². The number of rotatable bonds is 4. The maximum atomic E-state index is 11.8. The van der Waals surface area contributed by atoms with Crippen LogP contribution in [0.15, 0.2) is 6.20 Å². The van der Waals surface area contributed by atoms with Crippen molar-refractivity contribution in [2.45, 2.75) is 65.0 Å². The number of hydrogen-bond acceptors (Lipinski definition) is 2. The Morgan fingerprint density at radius 1 is 1.44 bits per heavy atom. The van der Waals surface area contributed by atoms with Crippen molar-refractivity contribution in [3.63, 3.8) is 0 Å². The van der Waals surface area contributed by atoms with Gasteiger partial charge in [0.05, 0.1) is 5.69 Å². The summed E-state index contributed by atoms with van der Waals surface area (Å²) in [5.74, 6) is 0.0574. The van der Waals surface area contributed by atoms with E-state index in [1.807, 2.05) is 6.92 Å². The molecule has 0 saturated heterocycles. The molecule has 1 amide bonds. The third-order valence-electron chi connectivity index (χ3n) is 3.61.